The standard InChI is InChI=1S/C22H21FN4O3/c1-29-17-5-3-4-15(12-17)14-26-10-11-27(22(26)28)20-7-6-18(21(25-20)30-2)16-8-9-24-19(23)13-16/h3-9,12-13H,10-11,14H2,1-2H3. The fraction of sp³-hybridized carbons (Fsp3) is 0.227. The number of carbonyl (C=O) groups is 1. The molecule has 8 heteroatoms. The number of halogens is 1. The van der Waals surface area contributed by atoms with Crippen LogP contribution in [0, 0.1) is 5.95 Å². The van der Waals surface area contributed by atoms with E-state index in [9.17, 15) is 9.18 Å². The minimum absolute atomic E-state index is 0.130. The van der Waals surface area contributed by atoms with Crippen molar-refractivity contribution in [1.82, 2.24) is 14.9 Å². The van der Waals surface area contributed by atoms with Crippen LogP contribution in [0.15, 0.2) is 54.7 Å². The van der Waals surface area contributed by atoms with Crippen molar-refractivity contribution >= 4 is 11.8 Å². The summed E-state index contributed by atoms with van der Waals surface area (Å²) in [6.45, 7) is 1.58. The van der Waals surface area contributed by atoms with E-state index >= 15 is 0 Å². The molecule has 0 N–H and O–H groups in total. The molecule has 2 aromatic heterocycles. The molecule has 30 heavy (non-hydrogen) atoms. The first-order chi connectivity index (χ1) is 14.6. The van der Waals surface area contributed by atoms with E-state index in [4.69, 9.17) is 9.47 Å². The second kappa shape index (κ2) is 8.36. The SMILES string of the molecule is COc1cccc(CN2CCN(c3ccc(-c4ccnc(F)c4)c(OC)n3)C2=O)c1. The lowest BCUT2D eigenvalue weighted by Crippen LogP contribution is -2.32. The molecule has 1 aliphatic heterocycles. The highest BCUT2D eigenvalue weighted by molar-refractivity contribution is 5.93. The zero-order valence-electron chi connectivity index (χ0n) is 16.7. The van der Waals surface area contributed by atoms with Crippen LogP contribution in [0.1, 0.15) is 5.56 Å². The van der Waals surface area contributed by atoms with Gasteiger partial charge >= 0.3 is 6.03 Å². The lowest BCUT2D eigenvalue weighted by atomic mass is 10.1. The van der Waals surface area contributed by atoms with Gasteiger partial charge in [-0.3, -0.25) is 4.90 Å². The summed E-state index contributed by atoms with van der Waals surface area (Å²) >= 11 is 0. The average Bonchev–Trinajstić information content (AvgIpc) is 3.13. The Kier molecular flexibility index (Phi) is 5.47. The maximum Gasteiger partial charge on any atom is 0.326 e. The van der Waals surface area contributed by atoms with Crippen LogP contribution in [-0.2, 0) is 6.54 Å². The maximum absolute atomic E-state index is 13.5. The molecule has 2 amide bonds. The van der Waals surface area contributed by atoms with Crippen molar-refractivity contribution in [2.75, 3.05) is 32.2 Å². The van der Waals surface area contributed by atoms with Gasteiger partial charge in [0, 0.05) is 37.5 Å². The van der Waals surface area contributed by atoms with Gasteiger partial charge in [-0.1, -0.05) is 12.1 Å². The molecule has 1 fully saturated rings. The van der Waals surface area contributed by atoms with E-state index in [0.717, 1.165) is 11.3 Å². The van der Waals surface area contributed by atoms with Gasteiger partial charge in [0.15, 0.2) is 0 Å². The highest BCUT2D eigenvalue weighted by Gasteiger charge is 2.31. The van der Waals surface area contributed by atoms with Crippen molar-refractivity contribution in [1.29, 1.82) is 0 Å². The van der Waals surface area contributed by atoms with Gasteiger partial charge in [-0.2, -0.15) is 9.37 Å². The number of amides is 2. The number of carbonyl (C=O) groups excluding carboxylic acids is 1. The number of benzene rings is 1. The van der Waals surface area contributed by atoms with Gasteiger partial charge in [-0.25, -0.2) is 9.78 Å². The van der Waals surface area contributed by atoms with Crippen LogP contribution in [0.4, 0.5) is 15.0 Å². The van der Waals surface area contributed by atoms with Crippen molar-refractivity contribution in [3.8, 4) is 22.8 Å². The van der Waals surface area contributed by atoms with Crippen LogP contribution in [0.25, 0.3) is 11.1 Å². The third kappa shape index (κ3) is 3.89. The Morgan fingerprint density at radius 3 is 2.70 bits per heavy atom. The number of anilines is 1. The van der Waals surface area contributed by atoms with Crippen LogP contribution in [0.2, 0.25) is 0 Å². The zero-order valence-corrected chi connectivity index (χ0v) is 16.7. The average molecular weight is 408 g/mol. The molecule has 0 spiro atoms. The molecule has 1 saturated heterocycles. The first-order valence-electron chi connectivity index (χ1n) is 9.45. The Balaban J connectivity index is 1.55. The summed E-state index contributed by atoms with van der Waals surface area (Å²) < 4.78 is 24.2. The normalized spacial score (nSPS) is 13.6. The Morgan fingerprint density at radius 1 is 1.07 bits per heavy atom. The van der Waals surface area contributed by atoms with Gasteiger partial charge in [0.25, 0.3) is 0 Å². The second-order valence-corrected chi connectivity index (χ2v) is 6.80. The van der Waals surface area contributed by atoms with Crippen molar-refractivity contribution in [2.45, 2.75) is 6.54 Å². The van der Waals surface area contributed by atoms with E-state index in [1.54, 1.807) is 35.1 Å². The maximum atomic E-state index is 13.5. The van der Waals surface area contributed by atoms with Gasteiger partial charge in [-0.15, -0.1) is 0 Å². The molecule has 0 saturated carbocycles. The Hall–Kier alpha value is -3.68. The molecule has 0 atom stereocenters. The molecule has 0 bridgehead atoms. The van der Waals surface area contributed by atoms with Crippen LogP contribution >= 0.6 is 0 Å². The number of hydrogen-bond donors (Lipinski definition) is 0. The van der Waals surface area contributed by atoms with Gasteiger partial charge in [-0.05, 0) is 41.5 Å². The van der Waals surface area contributed by atoms with Crippen molar-refractivity contribution in [2.24, 2.45) is 0 Å². The summed E-state index contributed by atoms with van der Waals surface area (Å²) in [6.07, 6.45) is 1.39. The van der Waals surface area contributed by atoms with E-state index in [-0.39, 0.29) is 6.03 Å². The number of ether oxygens (including phenoxy) is 2. The quantitative estimate of drug-likeness (QED) is 0.581. The van der Waals surface area contributed by atoms with Crippen molar-refractivity contribution in [3.05, 3.63) is 66.2 Å². The molecule has 154 valence electrons. The molecule has 1 aromatic carbocycles. The fourth-order valence-electron chi connectivity index (χ4n) is 3.46. The van der Waals surface area contributed by atoms with Gasteiger partial charge in [0.1, 0.15) is 11.6 Å². The molecule has 3 heterocycles. The smallest absolute Gasteiger partial charge is 0.326 e. The topological polar surface area (TPSA) is 67.8 Å². The minimum atomic E-state index is -0.582. The van der Waals surface area contributed by atoms with Crippen LogP contribution in [-0.4, -0.2) is 48.2 Å². The van der Waals surface area contributed by atoms with Gasteiger partial charge in [0.2, 0.25) is 11.8 Å². The Bertz CT molecular complexity index is 1080. The number of pyridine rings is 2. The summed E-state index contributed by atoms with van der Waals surface area (Å²) in [4.78, 5) is 24.4. The van der Waals surface area contributed by atoms with Gasteiger partial charge < -0.3 is 14.4 Å². The molecular formula is C22H21FN4O3. The first kappa shape index (κ1) is 19.6. The lowest BCUT2D eigenvalue weighted by Gasteiger charge is -2.19. The van der Waals surface area contributed by atoms with Gasteiger partial charge in [0.05, 0.1) is 14.2 Å². The van der Waals surface area contributed by atoms with E-state index in [1.165, 1.54) is 19.4 Å². The fourth-order valence-corrected chi connectivity index (χ4v) is 3.46. The zero-order chi connectivity index (χ0) is 21.1. The number of urea groups is 1. The summed E-state index contributed by atoms with van der Waals surface area (Å²) in [7, 11) is 3.11. The Labute approximate surface area is 173 Å². The van der Waals surface area contributed by atoms with E-state index < -0.39 is 5.95 Å². The number of rotatable bonds is 6. The van der Waals surface area contributed by atoms with E-state index in [1.807, 2.05) is 24.3 Å². The van der Waals surface area contributed by atoms with Crippen molar-refractivity contribution in [3.63, 3.8) is 0 Å². The molecule has 7 nitrogen and oxygen atoms in total. The molecule has 1 aliphatic rings. The molecule has 0 aliphatic carbocycles. The number of nitrogens with zero attached hydrogens (tertiary/aromatic N) is 4. The summed E-state index contributed by atoms with van der Waals surface area (Å²) in [5.41, 5.74) is 2.22. The first-order valence-corrected chi connectivity index (χ1v) is 9.45. The lowest BCUT2D eigenvalue weighted by molar-refractivity contribution is 0.218. The molecular weight excluding hydrogens is 387 g/mol. The largest absolute Gasteiger partial charge is 0.497 e. The third-order valence-corrected chi connectivity index (χ3v) is 4.96. The highest BCUT2D eigenvalue weighted by Crippen LogP contribution is 2.32. The van der Waals surface area contributed by atoms with Crippen LogP contribution in [0.5, 0.6) is 11.6 Å². The van der Waals surface area contributed by atoms with Crippen molar-refractivity contribution < 1.29 is 18.7 Å². The summed E-state index contributed by atoms with van der Waals surface area (Å²) in [5.74, 6) is 0.979. The number of methoxy groups -OCH3 is 2. The summed E-state index contributed by atoms with van der Waals surface area (Å²) in [5, 5.41) is 0. The predicted octanol–water partition coefficient (Wildman–Crippen LogP) is 3.74. The summed E-state index contributed by atoms with van der Waals surface area (Å²) in [6, 6.07) is 14.0. The number of aromatic nitrogens is 2. The van der Waals surface area contributed by atoms with E-state index in [0.29, 0.717) is 42.5 Å². The van der Waals surface area contributed by atoms with E-state index in [2.05, 4.69) is 9.97 Å². The minimum Gasteiger partial charge on any atom is -0.497 e. The molecule has 3 aromatic rings. The third-order valence-electron chi connectivity index (χ3n) is 4.96. The predicted molar refractivity (Wildman–Crippen MR) is 110 cm³/mol. The number of hydrogen-bond acceptors (Lipinski definition) is 5. The second-order valence-electron chi connectivity index (χ2n) is 6.80. The van der Waals surface area contributed by atoms with Crippen LogP contribution in [0.3, 0.4) is 0 Å². The van der Waals surface area contributed by atoms with Crippen LogP contribution < -0.4 is 14.4 Å². The monoisotopic (exact) mass is 408 g/mol. The molecule has 0 unspecified atom stereocenters. The highest BCUT2D eigenvalue weighted by atomic mass is 19.1. The Morgan fingerprint density at radius 2 is 1.93 bits per heavy atom. The molecule has 0 radical (unpaired) electrons. The molecule has 4 rings (SSSR count).